The van der Waals surface area contributed by atoms with Crippen LogP contribution in [0.1, 0.15) is 11.1 Å². The molecule has 0 amide bonds. The number of halogens is 1. The number of anilines is 1. The summed E-state index contributed by atoms with van der Waals surface area (Å²) < 4.78 is 11.3. The van der Waals surface area contributed by atoms with Gasteiger partial charge in [0.15, 0.2) is 11.5 Å². The first kappa shape index (κ1) is 18.9. The molecule has 0 aliphatic carbocycles. The van der Waals surface area contributed by atoms with E-state index in [1.54, 1.807) is 19.5 Å². The average molecular weight is 411 g/mol. The number of fused-ring (bicyclic) bond motifs is 1. The number of hydrogen-bond donors (Lipinski definition) is 3. The minimum Gasteiger partial charge on any atom is -0.493 e. The van der Waals surface area contributed by atoms with Crippen molar-refractivity contribution in [2.75, 3.05) is 12.4 Å². The first-order valence-corrected chi connectivity index (χ1v) is 9.34. The van der Waals surface area contributed by atoms with Gasteiger partial charge in [-0.2, -0.15) is 0 Å². The molecule has 0 saturated heterocycles. The number of nitrogens with one attached hydrogen (secondary N) is 3. The quantitative estimate of drug-likeness (QED) is 0.426. The number of rotatable bonds is 7. The molecule has 29 heavy (non-hydrogen) atoms. The highest BCUT2D eigenvalue weighted by molar-refractivity contribution is 6.32. The molecule has 0 radical (unpaired) electrons. The second kappa shape index (κ2) is 8.28. The normalized spacial score (nSPS) is 10.8. The third-order valence-electron chi connectivity index (χ3n) is 4.41. The average Bonchev–Trinajstić information content (AvgIpc) is 3.11. The minimum absolute atomic E-state index is 0.226. The Bertz CT molecular complexity index is 1190. The summed E-state index contributed by atoms with van der Waals surface area (Å²) in [5, 5.41) is 3.79. The van der Waals surface area contributed by atoms with Crippen molar-refractivity contribution in [1.29, 1.82) is 0 Å². The number of pyridine rings is 1. The molecule has 0 atom stereocenters. The number of nitrogens with zero attached hydrogens (tertiary/aromatic N) is 1. The number of hydrogen-bond acceptors (Lipinski definition) is 5. The maximum absolute atomic E-state index is 11.4. The Morgan fingerprint density at radius 1 is 1.10 bits per heavy atom. The molecule has 0 bridgehead atoms. The highest BCUT2D eigenvalue weighted by Crippen LogP contribution is 2.37. The summed E-state index contributed by atoms with van der Waals surface area (Å²) in [5.41, 5.74) is 4.03. The number of benzene rings is 2. The molecule has 7 nitrogen and oxygen atoms in total. The van der Waals surface area contributed by atoms with Gasteiger partial charge in [0.1, 0.15) is 6.61 Å². The van der Waals surface area contributed by atoms with Crippen LogP contribution in [-0.4, -0.2) is 22.1 Å². The lowest BCUT2D eigenvalue weighted by Gasteiger charge is -2.15. The van der Waals surface area contributed by atoms with Crippen molar-refractivity contribution < 1.29 is 9.47 Å². The van der Waals surface area contributed by atoms with E-state index in [-0.39, 0.29) is 5.69 Å². The molecule has 2 aromatic carbocycles. The predicted molar refractivity (Wildman–Crippen MR) is 113 cm³/mol. The van der Waals surface area contributed by atoms with Crippen LogP contribution in [-0.2, 0) is 13.2 Å². The molecular weight excluding hydrogens is 392 g/mol. The maximum atomic E-state index is 11.4. The van der Waals surface area contributed by atoms with Gasteiger partial charge in [-0.25, -0.2) is 4.79 Å². The Morgan fingerprint density at radius 2 is 1.97 bits per heavy atom. The molecule has 4 aromatic rings. The molecule has 2 heterocycles. The molecule has 0 aliphatic heterocycles. The zero-order valence-corrected chi connectivity index (χ0v) is 16.4. The van der Waals surface area contributed by atoms with Gasteiger partial charge in [0.25, 0.3) is 0 Å². The lowest BCUT2D eigenvalue weighted by atomic mass is 10.2. The van der Waals surface area contributed by atoms with Gasteiger partial charge in [0.05, 0.1) is 23.2 Å². The fraction of sp³-hybridized carbons (Fsp3) is 0.143. The molecular formula is C21H19ClN4O3. The van der Waals surface area contributed by atoms with Crippen LogP contribution >= 0.6 is 11.6 Å². The standard InChI is InChI=1S/C21H19ClN4O3/c1-28-19-8-14(7-16(22)20(19)29-12-13-3-2-6-23-10-13)11-24-15-4-5-17-18(9-15)26-21(27)25-17/h2-10,24H,11-12H2,1H3,(H2,25,26,27). The maximum Gasteiger partial charge on any atom is 0.323 e. The van der Waals surface area contributed by atoms with Crippen LogP contribution in [0.5, 0.6) is 11.5 Å². The summed E-state index contributed by atoms with van der Waals surface area (Å²) in [6.45, 7) is 0.871. The Balaban J connectivity index is 1.48. The highest BCUT2D eigenvalue weighted by Gasteiger charge is 2.13. The van der Waals surface area contributed by atoms with Gasteiger partial charge in [-0.15, -0.1) is 0 Å². The first-order chi connectivity index (χ1) is 14.1. The van der Waals surface area contributed by atoms with Crippen molar-refractivity contribution >= 4 is 28.3 Å². The number of aromatic nitrogens is 3. The third kappa shape index (κ3) is 4.35. The monoisotopic (exact) mass is 410 g/mol. The fourth-order valence-electron chi connectivity index (χ4n) is 3.00. The summed E-state index contributed by atoms with van der Waals surface area (Å²) in [7, 11) is 1.58. The second-order valence-electron chi connectivity index (χ2n) is 6.45. The van der Waals surface area contributed by atoms with Gasteiger partial charge in [-0.3, -0.25) is 4.98 Å². The number of H-pyrrole nitrogens is 2. The molecule has 0 unspecified atom stereocenters. The van der Waals surface area contributed by atoms with E-state index < -0.39 is 0 Å². The summed E-state index contributed by atoms with van der Waals surface area (Å²) in [4.78, 5) is 20.9. The summed E-state index contributed by atoms with van der Waals surface area (Å²) in [6.07, 6.45) is 3.46. The Labute approximate surface area is 171 Å². The van der Waals surface area contributed by atoms with Crippen LogP contribution in [0, 0.1) is 0 Å². The first-order valence-electron chi connectivity index (χ1n) is 8.96. The summed E-state index contributed by atoms with van der Waals surface area (Å²) >= 11 is 6.45. The highest BCUT2D eigenvalue weighted by atomic mass is 35.5. The molecule has 3 N–H and O–H groups in total. The minimum atomic E-state index is -0.226. The van der Waals surface area contributed by atoms with E-state index in [0.717, 1.165) is 27.8 Å². The van der Waals surface area contributed by atoms with Crippen molar-refractivity contribution in [2.24, 2.45) is 0 Å². The topological polar surface area (TPSA) is 92.0 Å². The number of methoxy groups -OCH3 is 1. The van der Waals surface area contributed by atoms with Crippen LogP contribution in [0.15, 0.2) is 59.7 Å². The number of imidazole rings is 1. The van der Waals surface area contributed by atoms with E-state index in [0.29, 0.717) is 29.7 Å². The lowest BCUT2D eigenvalue weighted by Crippen LogP contribution is -2.03. The van der Waals surface area contributed by atoms with Crippen molar-refractivity contribution in [3.63, 3.8) is 0 Å². The van der Waals surface area contributed by atoms with Crippen molar-refractivity contribution in [1.82, 2.24) is 15.0 Å². The summed E-state index contributed by atoms with van der Waals surface area (Å²) in [5.74, 6) is 1.05. The molecule has 0 aliphatic rings. The Hall–Kier alpha value is -3.45. The Morgan fingerprint density at radius 3 is 2.76 bits per heavy atom. The van der Waals surface area contributed by atoms with Crippen LogP contribution in [0.25, 0.3) is 11.0 Å². The molecule has 0 saturated carbocycles. The van der Waals surface area contributed by atoms with E-state index in [2.05, 4.69) is 20.3 Å². The molecule has 0 spiro atoms. The number of ether oxygens (including phenoxy) is 2. The van der Waals surface area contributed by atoms with Crippen LogP contribution in [0.3, 0.4) is 0 Å². The SMILES string of the molecule is COc1cc(CNc2ccc3[nH]c(=O)[nH]c3c2)cc(Cl)c1OCc1cccnc1. The van der Waals surface area contributed by atoms with Crippen LogP contribution in [0.4, 0.5) is 5.69 Å². The lowest BCUT2D eigenvalue weighted by molar-refractivity contribution is 0.284. The van der Waals surface area contributed by atoms with Crippen LogP contribution in [0.2, 0.25) is 5.02 Å². The van der Waals surface area contributed by atoms with E-state index in [1.165, 1.54) is 0 Å². The fourth-order valence-corrected chi connectivity index (χ4v) is 3.29. The largest absolute Gasteiger partial charge is 0.493 e. The predicted octanol–water partition coefficient (Wildman–Crippen LogP) is 4.10. The molecule has 2 aromatic heterocycles. The van der Waals surface area contributed by atoms with E-state index >= 15 is 0 Å². The van der Waals surface area contributed by atoms with Crippen molar-refractivity contribution in [2.45, 2.75) is 13.2 Å². The second-order valence-corrected chi connectivity index (χ2v) is 6.86. The van der Waals surface area contributed by atoms with Gasteiger partial charge in [0.2, 0.25) is 0 Å². The van der Waals surface area contributed by atoms with E-state index in [1.807, 2.05) is 42.5 Å². The van der Waals surface area contributed by atoms with E-state index in [4.69, 9.17) is 21.1 Å². The zero-order valence-electron chi connectivity index (χ0n) is 15.7. The number of aromatic amines is 2. The van der Waals surface area contributed by atoms with Gasteiger partial charge in [-0.1, -0.05) is 17.7 Å². The Kier molecular flexibility index (Phi) is 5.39. The van der Waals surface area contributed by atoms with Gasteiger partial charge in [0, 0.05) is 30.2 Å². The third-order valence-corrected chi connectivity index (χ3v) is 4.69. The molecule has 148 valence electrons. The van der Waals surface area contributed by atoms with Gasteiger partial charge in [-0.05, 0) is 42.0 Å². The molecule has 4 rings (SSSR count). The zero-order chi connectivity index (χ0) is 20.2. The molecule has 0 fully saturated rings. The smallest absolute Gasteiger partial charge is 0.323 e. The summed E-state index contributed by atoms with van der Waals surface area (Å²) in [6, 6.07) is 13.1. The van der Waals surface area contributed by atoms with Crippen LogP contribution < -0.4 is 20.5 Å². The van der Waals surface area contributed by atoms with Crippen molar-refractivity contribution in [3.05, 3.63) is 81.5 Å². The van der Waals surface area contributed by atoms with Gasteiger partial charge >= 0.3 is 5.69 Å². The van der Waals surface area contributed by atoms with Gasteiger partial charge < -0.3 is 24.8 Å². The van der Waals surface area contributed by atoms with Crippen molar-refractivity contribution in [3.8, 4) is 11.5 Å². The van der Waals surface area contributed by atoms with E-state index in [9.17, 15) is 4.79 Å². The molecule has 8 heteroatoms.